The number of hydrogen-bond donors (Lipinski definition) is 2. The third-order valence-corrected chi connectivity index (χ3v) is 5.17. The van der Waals surface area contributed by atoms with Gasteiger partial charge in [-0.1, -0.05) is 25.1 Å². The first kappa shape index (κ1) is 13.6. The van der Waals surface area contributed by atoms with E-state index in [1.165, 1.54) is 25.0 Å². The lowest BCUT2D eigenvalue weighted by Crippen LogP contribution is -2.17. The Morgan fingerprint density at radius 2 is 2.20 bits per heavy atom. The van der Waals surface area contributed by atoms with Crippen LogP contribution in [0.5, 0.6) is 0 Å². The largest absolute Gasteiger partial charge is 0.396 e. The molecular formula is C16H21N3S. The van der Waals surface area contributed by atoms with Crippen molar-refractivity contribution in [3.63, 3.8) is 0 Å². The maximum absolute atomic E-state index is 6.13. The molecule has 3 nitrogen and oxygen atoms in total. The van der Waals surface area contributed by atoms with Gasteiger partial charge in [-0.15, -0.1) is 0 Å². The molecule has 2 atom stereocenters. The highest BCUT2D eigenvalue weighted by molar-refractivity contribution is 7.99. The molecule has 20 heavy (non-hydrogen) atoms. The maximum atomic E-state index is 6.13. The van der Waals surface area contributed by atoms with E-state index in [9.17, 15) is 0 Å². The average Bonchev–Trinajstić information content (AvgIpc) is 2.90. The summed E-state index contributed by atoms with van der Waals surface area (Å²) in [7, 11) is 0. The summed E-state index contributed by atoms with van der Waals surface area (Å²) in [5, 5.41) is 5.58. The lowest BCUT2D eigenvalue weighted by atomic mass is 10.1. The Kier molecular flexibility index (Phi) is 4.01. The van der Waals surface area contributed by atoms with Crippen LogP contribution in [0, 0.1) is 0 Å². The Balaban J connectivity index is 1.82. The number of fused-ring (bicyclic) bond motifs is 1. The SMILES string of the molecule is CCSC1CCC(Nc2c(N)cnc3ccccc23)C1. The normalized spacial score (nSPS) is 22.2. The molecule has 1 aromatic heterocycles. The Hall–Kier alpha value is -1.42. The highest BCUT2D eigenvalue weighted by Crippen LogP contribution is 2.34. The van der Waals surface area contributed by atoms with Crippen molar-refractivity contribution in [3.05, 3.63) is 30.5 Å². The molecule has 0 bridgehead atoms. The fourth-order valence-corrected chi connectivity index (χ4v) is 4.12. The predicted octanol–water partition coefficient (Wildman–Crippen LogP) is 3.90. The standard InChI is InChI=1S/C16H21N3S/c1-2-20-12-8-7-11(9-12)19-16-13-5-3-4-6-15(13)18-10-14(16)17/h3-6,10-12H,2,7-9,17H2,1H3,(H,18,19). The van der Waals surface area contributed by atoms with Gasteiger partial charge in [0, 0.05) is 16.7 Å². The number of nitrogen functional groups attached to an aromatic ring is 1. The Morgan fingerprint density at radius 1 is 1.35 bits per heavy atom. The first-order valence-electron chi connectivity index (χ1n) is 7.29. The molecule has 3 N–H and O–H groups in total. The zero-order valence-corrected chi connectivity index (χ0v) is 12.6. The van der Waals surface area contributed by atoms with Crippen LogP contribution in [-0.2, 0) is 0 Å². The lowest BCUT2D eigenvalue weighted by molar-refractivity contribution is 0.758. The summed E-state index contributed by atoms with van der Waals surface area (Å²) >= 11 is 2.08. The van der Waals surface area contributed by atoms with Gasteiger partial charge >= 0.3 is 0 Å². The number of anilines is 2. The second kappa shape index (κ2) is 5.92. The summed E-state index contributed by atoms with van der Waals surface area (Å²) in [5.41, 5.74) is 8.93. The van der Waals surface area contributed by atoms with Crippen LogP contribution >= 0.6 is 11.8 Å². The highest BCUT2D eigenvalue weighted by Gasteiger charge is 2.25. The fraction of sp³-hybridized carbons (Fsp3) is 0.438. The molecule has 1 aromatic carbocycles. The van der Waals surface area contributed by atoms with E-state index in [2.05, 4.69) is 35.1 Å². The van der Waals surface area contributed by atoms with Crippen molar-refractivity contribution in [1.29, 1.82) is 0 Å². The molecule has 0 aliphatic heterocycles. The molecule has 1 fully saturated rings. The van der Waals surface area contributed by atoms with Gasteiger partial charge in [0.05, 0.1) is 23.1 Å². The van der Waals surface area contributed by atoms with Crippen LogP contribution in [0.15, 0.2) is 30.5 Å². The number of rotatable bonds is 4. The lowest BCUT2D eigenvalue weighted by Gasteiger charge is -2.18. The summed E-state index contributed by atoms with van der Waals surface area (Å²) in [6, 6.07) is 8.71. The van der Waals surface area contributed by atoms with Crippen molar-refractivity contribution < 1.29 is 0 Å². The smallest absolute Gasteiger partial charge is 0.0743 e. The van der Waals surface area contributed by atoms with E-state index in [1.807, 2.05) is 18.2 Å². The molecule has 2 unspecified atom stereocenters. The first-order chi connectivity index (χ1) is 9.78. The van der Waals surface area contributed by atoms with Gasteiger partial charge in [-0.25, -0.2) is 0 Å². The zero-order valence-electron chi connectivity index (χ0n) is 11.8. The number of benzene rings is 1. The minimum Gasteiger partial charge on any atom is -0.396 e. The van der Waals surface area contributed by atoms with Crippen molar-refractivity contribution in [2.75, 3.05) is 16.8 Å². The summed E-state index contributed by atoms with van der Waals surface area (Å²) < 4.78 is 0. The second-order valence-corrected chi connectivity index (χ2v) is 6.91. The fourth-order valence-electron chi connectivity index (χ4n) is 2.98. The number of para-hydroxylation sites is 1. The Morgan fingerprint density at radius 3 is 3.05 bits per heavy atom. The molecule has 1 aliphatic rings. The molecule has 4 heteroatoms. The quantitative estimate of drug-likeness (QED) is 0.895. The van der Waals surface area contributed by atoms with Gasteiger partial charge in [-0.2, -0.15) is 11.8 Å². The molecule has 3 rings (SSSR count). The van der Waals surface area contributed by atoms with Gasteiger partial charge in [-0.3, -0.25) is 4.98 Å². The molecule has 0 saturated heterocycles. The molecule has 1 aliphatic carbocycles. The van der Waals surface area contributed by atoms with Gasteiger partial charge in [0.2, 0.25) is 0 Å². The summed E-state index contributed by atoms with van der Waals surface area (Å²) in [5.74, 6) is 1.21. The summed E-state index contributed by atoms with van der Waals surface area (Å²) in [4.78, 5) is 4.39. The van der Waals surface area contributed by atoms with Gasteiger partial charge in [0.25, 0.3) is 0 Å². The van der Waals surface area contributed by atoms with Crippen LogP contribution in [0.25, 0.3) is 10.9 Å². The van der Waals surface area contributed by atoms with Crippen molar-refractivity contribution in [1.82, 2.24) is 4.98 Å². The van der Waals surface area contributed by atoms with Gasteiger partial charge in [0.1, 0.15) is 0 Å². The predicted molar refractivity (Wildman–Crippen MR) is 89.3 cm³/mol. The van der Waals surface area contributed by atoms with E-state index < -0.39 is 0 Å². The number of aromatic nitrogens is 1. The third kappa shape index (κ3) is 2.70. The van der Waals surface area contributed by atoms with E-state index in [0.29, 0.717) is 6.04 Å². The topological polar surface area (TPSA) is 50.9 Å². The summed E-state index contributed by atoms with van der Waals surface area (Å²) in [6.45, 7) is 2.24. The summed E-state index contributed by atoms with van der Waals surface area (Å²) in [6.07, 6.45) is 5.53. The highest BCUT2D eigenvalue weighted by atomic mass is 32.2. The monoisotopic (exact) mass is 287 g/mol. The third-order valence-electron chi connectivity index (χ3n) is 3.94. The number of nitrogens with one attached hydrogen (secondary N) is 1. The van der Waals surface area contributed by atoms with E-state index in [0.717, 1.165) is 27.5 Å². The molecule has 2 aromatic rings. The molecule has 0 spiro atoms. The van der Waals surface area contributed by atoms with Gasteiger partial charge < -0.3 is 11.1 Å². The Labute approximate surface area is 124 Å². The number of nitrogens with two attached hydrogens (primary N) is 1. The van der Waals surface area contributed by atoms with Crippen LogP contribution in [0.3, 0.4) is 0 Å². The number of thioether (sulfide) groups is 1. The Bertz CT molecular complexity index is 599. The van der Waals surface area contributed by atoms with Crippen LogP contribution in [0.4, 0.5) is 11.4 Å². The minimum atomic E-state index is 0.534. The second-order valence-electron chi connectivity index (χ2n) is 5.34. The average molecular weight is 287 g/mol. The van der Waals surface area contributed by atoms with E-state index in [4.69, 9.17) is 5.73 Å². The van der Waals surface area contributed by atoms with E-state index in [1.54, 1.807) is 6.20 Å². The number of nitrogens with zero attached hydrogens (tertiary/aromatic N) is 1. The van der Waals surface area contributed by atoms with Crippen molar-refractivity contribution in [2.24, 2.45) is 0 Å². The first-order valence-corrected chi connectivity index (χ1v) is 8.34. The molecule has 0 radical (unpaired) electrons. The number of hydrogen-bond acceptors (Lipinski definition) is 4. The van der Waals surface area contributed by atoms with Crippen molar-refractivity contribution >= 4 is 34.0 Å². The van der Waals surface area contributed by atoms with Crippen LogP contribution in [-0.4, -0.2) is 22.0 Å². The van der Waals surface area contributed by atoms with Crippen LogP contribution in [0.1, 0.15) is 26.2 Å². The van der Waals surface area contributed by atoms with Crippen LogP contribution in [0.2, 0.25) is 0 Å². The van der Waals surface area contributed by atoms with Gasteiger partial charge in [0.15, 0.2) is 0 Å². The van der Waals surface area contributed by atoms with Gasteiger partial charge in [-0.05, 0) is 31.1 Å². The molecule has 0 amide bonds. The molecule has 1 heterocycles. The van der Waals surface area contributed by atoms with Crippen molar-refractivity contribution in [2.45, 2.75) is 37.5 Å². The molecule has 1 saturated carbocycles. The number of pyridine rings is 1. The maximum Gasteiger partial charge on any atom is 0.0743 e. The molecular weight excluding hydrogens is 266 g/mol. The van der Waals surface area contributed by atoms with E-state index in [-0.39, 0.29) is 0 Å². The van der Waals surface area contributed by atoms with Crippen molar-refractivity contribution in [3.8, 4) is 0 Å². The minimum absolute atomic E-state index is 0.534. The van der Waals surface area contributed by atoms with E-state index >= 15 is 0 Å². The van der Waals surface area contributed by atoms with Crippen LogP contribution < -0.4 is 11.1 Å². The zero-order chi connectivity index (χ0) is 13.9. The molecule has 106 valence electrons.